The molecule has 2 aromatic carbocycles. The number of aryl methyl sites for hydroxylation is 1. The zero-order valence-corrected chi connectivity index (χ0v) is 23.6. The Kier molecular flexibility index (Phi) is 8.70. The van der Waals surface area contributed by atoms with E-state index in [1.54, 1.807) is 30.3 Å². The topological polar surface area (TPSA) is 103 Å². The number of Topliss-reactive ketones (excluding diaryl/α,β-unsaturated/α-hetero) is 1. The maximum absolute atomic E-state index is 13.2. The maximum atomic E-state index is 13.2. The Morgan fingerprint density at radius 2 is 1.85 bits per heavy atom. The van der Waals surface area contributed by atoms with E-state index in [2.05, 4.69) is 0 Å². The summed E-state index contributed by atoms with van der Waals surface area (Å²) in [7, 11) is 0. The zero-order valence-electron chi connectivity index (χ0n) is 21.2. The van der Waals surface area contributed by atoms with Crippen LogP contribution in [0.25, 0.3) is 6.08 Å². The van der Waals surface area contributed by atoms with Crippen molar-refractivity contribution in [3.05, 3.63) is 102 Å². The van der Waals surface area contributed by atoms with Crippen molar-refractivity contribution in [2.45, 2.75) is 33.2 Å². The normalized spacial score (nSPS) is 14.2. The largest absolute Gasteiger partial charge is 0.494 e. The second-order valence-corrected chi connectivity index (χ2v) is 11.1. The summed E-state index contributed by atoms with van der Waals surface area (Å²) in [6.07, 6.45) is 2.03. The van der Waals surface area contributed by atoms with Gasteiger partial charge in [0.05, 0.1) is 17.0 Å². The lowest BCUT2D eigenvalue weighted by Crippen LogP contribution is -2.30. The third kappa shape index (κ3) is 5.98. The Hall–Kier alpha value is -3.71. The van der Waals surface area contributed by atoms with Crippen LogP contribution in [0.3, 0.4) is 0 Å². The highest BCUT2D eigenvalue weighted by Crippen LogP contribution is 2.33. The van der Waals surface area contributed by atoms with E-state index in [9.17, 15) is 24.8 Å². The first-order valence-electron chi connectivity index (χ1n) is 12.1. The number of aromatic nitrogens is 1. The van der Waals surface area contributed by atoms with E-state index in [1.807, 2.05) is 37.3 Å². The molecule has 7 nitrogen and oxygen atoms in total. The van der Waals surface area contributed by atoms with Crippen molar-refractivity contribution < 1.29 is 14.7 Å². The molecule has 0 bridgehead atoms. The molecule has 39 heavy (non-hydrogen) atoms. The van der Waals surface area contributed by atoms with Crippen LogP contribution < -0.4 is 5.56 Å². The van der Waals surface area contributed by atoms with Crippen molar-refractivity contribution in [2.75, 3.05) is 6.54 Å². The van der Waals surface area contributed by atoms with Crippen LogP contribution in [0.15, 0.2) is 58.2 Å². The van der Waals surface area contributed by atoms with Gasteiger partial charge in [-0.15, -0.1) is 0 Å². The highest BCUT2D eigenvalue weighted by molar-refractivity contribution is 8.26. The number of halogens is 1. The van der Waals surface area contributed by atoms with Gasteiger partial charge in [-0.3, -0.25) is 23.9 Å². The van der Waals surface area contributed by atoms with Gasteiger partial charge in [0.25, 0.3) is 11.5 Å². The minimum atomic E-state index is -0.707. The number of carbonyl (C=O) groups is 2. The summed E-state index contributed by atoms with van der Waals surface area (Å²) in [5.74, 6) is -1.19. The molecule has 1 amide bonds. The average molecular weight is 578 g/mol. The van der Waals surface area contributed by atoms with E-state index in [-0.39, 0.29) is 48.5 Å². The van der Waals surface area contributed by atoms with Crippen molar-refractivity contribution in [1.29, 1.82) is 5.26 Å². The fourth-order valence-electron chi connectivity index (χ4n) is 4.26. The summed E-state index contributed by atoms with van der Waals surface area (Å²) < 4.78 is 1.39. The minimum absolute atomic E-state index is 0.0301. The van der Waals surface area contributed by atoms with Gasteiger partial charge in [-0.1, -0.05) is 83.6 Å². The summed E-state index contributed by atoms with van der Waals surface area (Å²) in [4.78, 5) is 41.1. The van der Waals surface area contributed by atoms with E-state index in [1.165, 1.54) is 23.6 Å². The van der Waals surface area contributed by atoms with Crippen LogP contribution in [0, 0.1) is 25.2 Å². The Morgan fingerprint density at radius 1 is 1.15 bits per heavy atom. The number of thioether (sulfide) groups is 1. The summed E-state index contributed by atoms with van der Waals surface area (Å²) in [5.41, 5.74) is 1.66. The molecular formula is C29H24ClN3O4S2. The lowest BCUT2D eigenvalue weighted by Gasteiger charge is -2.17. The lowest BCUT2D eigenvalue weighted by atomic mass is 9.99. The fourth-order valence-corrected chi connectivity index (χ4v) is 5.76. The van der Waals surface area contributed by atoms with Gasteiger partial charge in [-0.2, -0.15) is 5.26 Å². The molecule has 1 aromatic heterocycles. The number of ketones is 1. The van der Waals surface area contributed by atoms with Gasteiger partial charge in [0, 0.05) is 18.0 Å². The second-order valence-electron chi connectivity index (χ2n) is 9.06. The zero-order chi connectivity index (χ0) is 28.3. The minimum Gasteiger partial charge on any atom is -0.494 e. The van der Waals surface area contributed by atoms with Crippen LogP contribution in [0.4, 0.5) is 0 Å². The number of hydrogen-bond donors (Lipinski definition) is 1. The highest BCUT2D eigenvalue weighted by atomic mass is 35.5. The molecule has 0 spiro atoms. The standard InChI is InChI=1S/C29H24ClN3O4S2/c1-17-9-11-19(12-10-17)14-24-27(36)32(29(38)39-24)13-5-8-23(34)25-18(2)21(15-31)26(35)33(28(25)37)16-20-6-3-4-7-22(20)30/h3-4,6-7,9-12,14,37H,5,8,13,16H2,1-2H3/b24-14-. The summed E-state index contributed by atoms with van der Waals surface area (Å²) in [6.45, 7) is 3.56. The Morgan fingerprint density at radius 3 is 2.51 bits per heavy atom. The molecule has 4 rings (SSSR count). The van der Waals surface area contributed by atoms with E-state index in [0.717, 1.165) is 15.7 Å². The van der Waals surface area contributed by atoms with Crippen molar-refractivity contribution in [3.63, 3.8) is 0 Å². The molecule has 1 aliphatic heterocycles. The molecule has 2 heterocycles. The van der Waals surface area contributed by atoms with Gasteiger partial charge in [0.1, 0.15) is 16.0 Å². The van der Waals surface area contributed by atoms with Crippen LogP contribution >= 0.6 is 35.6 Å². The Labute approximate surface area is 240 Å². The van der Waals surface area contributed by atoms with Gasteiger partial charge in [0.2, 0.25) is 5.88 Å². The summed E-state index contributed by atoms with van der Waals surface area (Å²) in [6, 6.07) is 16.4. The number of aromatic hydroxyl groups is 1. The van der Waals surface area contributed by atoms with Crippen molar-refractivity contribution in [2.24, 2.45) is 0 Å². The van der Waals surface area contributed by atoms with Gasteiger partial charge < -0.3 is 5.11 Å². The maximum Gasteiger partial charge on any atom is 0.271 e. The number of rotatable bonds is 8. The third-order valence-electron chi connectivity index (χ3n) is 6.40. The van der Waals surface area contributed by atoms with Crippen LogP contribution in [-0.2, 0) is 11.3 Å². The van der Waals surface area contributed by atoms with Gasteiger partial charge in [0.15, 0.2) is 5.78 Å². The third-order valence-corrected chi connectivity index (χ3v) is 8.15. The van der Waals surface area contributed by atoms with Crippen LogP contribution in [-0.4, -0.2) is 37.1 Å². The first-order valence-corrected chi connectivity index (χ1v) is 13.7. The van der Waals surface area contributed by atoms with E-state index in [4.69, 9.17) is 23.8 Å². The molecule has 1 aliphatic rings. The van der Waals surface area contributed by atoms with Gasteiger partial charge in [-0.05, 0) is 49.1 Å². The van der Waals surface area contributed by atoms with Gasteiger partial charge in [-0.25, -0.2) is 0 Å². The summed E-state index contributed by atoms with van der Waals surface area (Å²) in [5, 5.41) is 21.0. The Balaban J connectivity index is 1.51. The highest BCUT2D eigenvalue weighted by Gasteiger charge is 2.32. The van der Waals surface area contributed by atoms with Gasteiger partial charge >= 0.3 is 0 Å². The number of thiocarbonyl (C=S) groups is 1. The number of pyridine rings is 1. The van der Waals surface area contributed by atoms with Crippen molar-refractivity contribution in [3.8, 4) is 11.9 Å². The Bertz CT molecular complexity index is 1620. The fraction of sp³-hybridized carbons (Fsp3) is 0.207. The smallest absolute Gasteiger partial charge is 0.271 e. The molecule has 0 unspecified atom stereocenters. The van der Waals surface area contributed by atoms with Crippen LogP contribution in [0.1, 0.15) is 51.0 Å². The molecular weight excluding hydrogens is 554 g/mol. The number of hydrogen-bond acceptors (Lipinski definition) is 7. The molecule has 1 N–H and O–H groups in total. The molecule has 3 aromatic rings. The second kappa shape index (κ2) is 12.0. The van der Waals surface area contributed by atoms with Crippen LogP contribution in [0.5, 0.6) is 5.88 Å². The lowest BCUT2D eigenvalue weighted by molar-refractivity contribution is -0.122. The van der Waals surface area contributed by atoms with E-state index < -0.39 is 17.2 Å². The first kappa shape index (κ1) is 28.3. The monoisotopic (exact) mass is 577 g/mol. The number of nitriles is 1. The number of amides is 1. The predicted octanol–water partition coefficient (Wildman–Crippen LogP) is 5.61. The molecule has 1 saturated heterocycles. The van der Waals surface area contributed by atoms with Crippen molar-refractivity contribution in [1.82, 2.24) is 9.47 Å². The molecule has 1 fully saturated rings. The molecule has 0 aliphatic carbocycles. The van der Waals surface area contributed by atoms with Crippen LogP contribution in [0.2, 0.25) is 5.02 Å². The van der Waals surface area contributed by atoms with Crippen molar-refractivity contribution >= 4 is 57.7 Å². The molecule has 10 heteroatoms. The molecule has 0 radical (unpaired) electrons. The van der Waals surface area contributed by atoms with E-state index in [0.29, 0.717) is 19.8 Å². The summed E-state index contributed by atoms with van der Waals surface area (Å²) >= 11 is 12.8. The number of nitrogens with zero attached hydrogens (tertiary/aromatic N) is 3. The SMILES string of the molecule is Cc1ccc(/C=C2\SC(=S)N(CCCC(=O)c3c(C)c(C#N)c(=O)n(Cc4ccccc4Cl)c3O)C2=O)cc1. The quantitative estimate of drug-likeness (QED) is 0.211. The molecule has 0 atom stereocenters. The van der Waals surface area contributed by atoms with E-state index >= 15 is 0 Å². The molecule has 198 valence electrons. The first-order chi connectivity index (χ1) is 18.6. The number of carbonyl (C=O) groups excluding carboxylic acids is 2. The average Bonchev–Trinajstić information content (AvgIpc) is 3.16. The molecule has 0 saturated carbocycles. The predicted molar refractivity (Wildman–Crippen MR) is 157 cm³/mol. The number of benzene rings is 2.